The number of amides is 2. The van der Waals surface area contributed by atoms with E-state index in [4.69, 9.17) is 5.73 Å². The van der Waals surface area contributed by atoms with Crippen molar-refractivity contribution in [3.05, 3.63) is 59.9 Å². The van der Waals surface area contributed by atoms with Gasteiger partial charge in [-0.1, -0.05) is 38.1 Å². The maximum absolute atomic E-state index is 12.6. The molecule has 8 heteroatoms. The average Bonchev–Trinajstić information content (AvgIpc) is 2.75. The van der Waals surface area contributed by atoms with E-state index in [2.05, 4.69) is 20.6 Å². The molecule has 0 radical (unpaired) electrons. The van der Waals surface area contributed by atoms with Crippen molar-refractivity contribution < 1.29 is 9.59 Å². The van der Waals surface area contributed by atoms with Crippen LogP contribution in [0.1, 0.15) is 30.0 Å². The molecule has 30 heavy (non-hydrogen) atoms. The van der Waals surface area contributed by atoms with E-state index in [1.807, 2.05) is 62.6 Å². The van der Waals surface area contributed by atoms with Crippen molar-refractivity contribution >= 4 is 40.3 Å². The van der Waals surface area contributed by atoms with Crippen LogP contribution in [0, 0.1) is 5.92 Å². The van der Waals surface area contributed by atoms with Crippen LogP contribution < -0.4 is 16.4 Å². The van der Waals surface area contributed by atoms with Crippen molar-refractivity contribution in [2.75, 3.05) is 11.6 Å². The zero-order valence-electron chi connectivity index (χ0n) is 17.2. The first kappa shape index (κ1) is 21.6. The fourth-order valence-electron chi connectivity index (χ4n) is 3.11. The van der Waals surface area contributed by atoms with Crippen molar-refractivity contribution in [1.29, 1.82) is 0 Å². The van der Waals surface area contributed by atoms with Gasteiger partial charge in [-0.2, -0.15) is 0 Å². The third-order valence-corrected chi connectivity index (χ3v) is 5.47. The number of primary amides is 1. The van der Waals surface area contributed by atoms with Gasteiger partial charge in [0.2, 0.25) is 5.91 Å². The zero-order chi connectivity index (χ0) is 21.7. The Morgan fingerprint density at radius 3 is 2.47 bits per heavy atom. The Hall–Kier alpha value is -3.13. The molecule has 7 nitrogen and oxygen atoms in total. The van der Waals surface area contributed by atoms with E-state index in [1.54, 1.807) is 6.07 Å². The molecule has 0 saturated carbocycles. The van der Waals surface area contributed by atoms with Gasteiger partial charge in [0.1, 0.15) is 11.9 Å². The SMILES string of the molecule is CSc1ccccc1C(=O)NCc1nc(N[C@H](C(N)=O)C(C)C)c2ccccc2n1. The van der Waals surface area contributed by atoms with Crippen LogP contribution >= 0.6 is 11.8 Å². The molecule has 1 aromatic heterocycles. The Balaban J connectivity index is 1.87. The molecule has 1 atom stereocenters. The molecule has 0 aliphatic heterocycles. The molecule has 0 aliphatic rings. The average molecular weight is 424 g/mol. The van der Waals surface area contributed by atoms with Crippen LogP contribution in [-0.4, -0.2) is 34.1 Å². The number of hydrogen-bond acceptors (Lipinski definition) is 6. The topological polar surface area (TPSA) is 110 Å². The monoisotopic (exact) mass is 423 g/mol. The van der Waals surface area contributed by atoms with Gasteiger partial charge in [0.15, 0.2) is 5.82 Å². The highest BCUT2D eigenvalue weighted by Gasteiger charge is 2.21. The minimum atomic E-state index is -0.570. The highest BCUT2D eigenvalue weighted by molar-refractivity contribution is 7.98. The first-order valence-corrected chi connectivity index (χ1v) is 10.9. The van der Waals surface area contributed by atoms with E-state index < -0.39 is 11.9 Å². The van der Waals surface area contributed by atoms with Crippen LogP contribution in [0.15, 0.2) is 53.4 Å². The van der Waals surface area contributed by atoms with Crippen LogP contribution in [0.2, 0.25) is 0 Å². The van der Waals surface area contributed by atoms with Crippen LogP contribution in [0.3, 0.4) is 0 Å². The summed E-state index contributed by atoms with van der Waals surface area (Å²) in [7, 11) is 0. The van der Waals surface area contributed by atoms with Crippen molar-refractivity contribution in [1.82, 2.24) is 15.3 Å². The van der Waals surface area contributed by atoms with Crippen LogP contribution in [0.4, 0.5) is 5.82 Å². The van der Waals surface area contributed by atoms with Gasteiger partial charge in [-0.25, -0.2) is 9.97 Å². The second kappa shape index (κ2) is 9.58. The molecule has 0 aliphatic carbocycles. The molecule has 0 bridgehead atoms. The lowest BCUT2D eigenvalue weighted by Gasteiger charge is -2.21. The van der Waals surface area contributed by atoms with Gasteiger partial charge in [-0.15, -0.1) is 11.8 Å². The maximum Gasteiger partial charge on any atom is 0.252 e. The summed E-state index contributed by atoms with van der Waals surface area (Å²) in [6.45, 7) is 3.98. The number of nitrogens with two attached hydrogens (primary N) is 1. The Bertz CT molecular complexity index is 1070. The lowest BCUT2D eigenvalue weighted by Crippen LogP contribution is -2.40. The number of para-hydroxylation sites is 1. The maximum atomic E-state index is 12.6. The molecule has 156 valence electrons. The third-order valence-electron chi connectivity index (χ3n) is 4.67. The highest BCUT2D eigenvalue weighted by atomic mass is 32.2. The molecule has 2 aromatic carbocycles. The summed E-state index contributed by atoms with van der Waals surface area (Å²) in [6.07, 6.45) is 1.93. The smallest absolute Gasteiger partial charge is 0.252 e. The Morgan fingerprint density at radius 1 is 1.07 bits per heavy atom. The number of benzene rings is 2. The summed E-state index contributed by atoms with van der Waals surface area (Å²) < 4.78 is 0. The van der Waals surface area contributed by atoms with Crippen molar-refractivity contribution in [2.24, 2.45) is 11.7 Å². The van der Waals surface area contributed by atoms with Gasteiger partial charge in [-0.3, -0.25) is 9.59 Å². The summed E-state index contributed by atoms with van der Waals surface area (Å²) in [5.41, 5.74) is 6.88. The first-order chi connectivity index (χ1) is 14.4. The second-order valence-electron chi connectivity index (χ2n) is 7.16. The Kier molecular flexibility index (Phi) is 6.89. The molecular formula is C22H25N5O2S. The normalized spacial score (nSPS) is 12.0. The van der Waals surface area contributed by atoms with Gasteiger partial charge >= 0.3 is 0 Å². The number of aromatic nitrogens is 2. The van der Waals surface area contributed by atoms with Gasteiger partial charge in [0.25, 0.3) is 5.91 Å². The number of hydrogen-bond donors (Lipinski definition) is 3. The number of nitrogens with one attached hydrogen (secondary N) is 2. The van der Waals surface area contributed by atoms with Gasteiger partial charge in [0.05, 0.1) is 17.6 Å². The lowest BCUT2D eigenvalue weighted by atomic mass is 10.0. The van der Waals surface area contributed by atoms with Crippen molar-refractivity contribution in [3.63, 3.8) is 0 Å². The van der Waals surface area contributed by atoms with Crippen molar-refractivity contribution in [3.8, 4) is 0 Å². The molecule has 2 amide bonds. The van der Waals surface area contributed by atoms with Crippen LogP contribution in [-0.2, 0) is 11.3 Å². The number of fused-ring (bicyclic) bond motifs is 1. The standard InChI is InChI=1S/C22H25N5O2S/c1-13(2)19(20(23)28)27-21-14-8-4-6-10-16(14)25-18(26-21)12-24-22(29)15-9-5-7-11-17(15)30-3/h4-11,13,19H,12H2,1-3H3,(H2,23,28)(H,24,29)(H,25,26,27)/t19-/m0/s1. The predicted octanol–water partition coefficient (Wildman–Crippen LogP) is 3.20. The number of carbonyl (C=O) groups is 2. The number of nitrogens with zero attached hydrogens (tertiary/aromatic N) is 2. The van der Waals surface area contributed by atoms with Crippen LogP contribution in [0.25, 0.3) is 10.9 Å². The molecule has 3 aromatic rings. The predicted molar refractivity (Wildman–Crippen MR) is 120 cm³/mol. The quantitative estimate of drug-likeness (QED) is 0.480. The minimum absolute atomic E-state index is 0.0116. The molecule has 0 unspecified atom stereocenters. The van der Waals surface area contributed by atoms with E-state index in [9.17, 15) is 9.59 Å². The third kappa shape index (κ3) is 4.88. The van der Waals surface area contributed by atoms with E-state index in [0.717, 1.165) is 15.8 Å². The first-order valence-electron chi connectivity index (χ1n) is 9.63. The van der Waals surface area contributed by atoms with E-state index in [0.29, 0.717) is 17.2 Å². The van der Waals surface area contributed by atoms with Crippen LogP contribution in [0.5, 0.6) is 0 Å². The number of rotatable bonds is 8. The summed E-state index contributed by atoms with van der Waals surface area (Å²) in [4.78, 5) is 34.5. The molecule has 0 spiro atoms. The molecular weight excluding hydrogens is 398 g/mol. The number of thioether (sulfide) groups is 1. The van der Waals surface area contributed by atoms with Gasteiger partial charge in [-0.05, 0) is 36.4 Å². The second-order valence-corrected chi connectivity index (χ2v) is 8.01. The fourth-order valence-corrected chi connectivity index (χ4v) is 3.71. The largest absolute Gasteiger partial charge is 0.368 e. The summed E-state index contributed by atoms with van der Waals surface area (Å²) in [5, 5.41) is 6.83. The fraction of sp³-hybridized carbons (Fsp3) is 0.273. The van der Waals surface area contributed by atoms with E-state index in [1.165, 1.54) is 11.8 Å². The molecule has 0 saturated heterocycles. The van der Waals surface area contributed by atoms with Crippen molar-refractivity contribution in [2.45, 2.75) is 31.3 Å². The Labute approximate surface area is 179 Å². The summed E-state index contributed by atoms with van der Waals surface area (Å²) >= 11 is 1.52. The molecule has 3 rings (SSSR count). The minimum Gasteiger partial charge on any atom is -0.368 e. The van der Waals surface area contributed by atoms with Gasteiger partial charge < -0.3 is 16.4 Å². The lowest BCUT2D eigenvalue weighted by molar-refractivity contribution is -0.119. The number of carbonyl (C=O) groups excluding carboxylic acids is 2. The summed E-state index contributed by atoms with van der Waals surface area (Å²) in [5.74, 6) is 0.312. The van der Waals surface area contributed by atoms with E-state index >= 15 is 0 Å². The highest BCUT2D eigenvalue weighted by Crippen LogP contribution is 2.23. The number of anilines is 1. The summed E-state index contributed by atoms with van der Waals surface area (Å²) in [6, 6.07) is 14.4. The Morgan fingerprint density at radius 2 is 1.77 bits per heavy atom. The van der Waals surface area contributed by atoms with Gasteiger partial charge in [0, 0.05) is 10.3 Å². The zero-order valence-corrected chi connectivity index (χ0v) is 18.0. The van der Waals surface area contributed by atoms with E-state index in [-0.39, 0.29) is 18.4 Å². The molecule has 4 N–H and O–H groups in total. The molecule has 0 fully saturated rings. The molecule has 1 heterocycles.